The Kier molecular flexibility index (Phi) is 4.15. The van der Waals surface area contributed by atoms with E-state index in [0.717, 1.165) is 58.8 Å². The van der Waals surface area contributed by atoms with Crippen molar-refractivity contribution in [1.82, 2.24) is 24.7 Å². The summed E-state index contributed by atoms with van der Waals surface area (Å²) in [6.45, 7) is 3.32. The third-order valence-corrected chi connectivity index (χ3v) is 5.38. The minimum Gasteiger partial charge on any atom is -0.378 e. The van der Waals surface area contributed by atoms with Crippen molar-refractivity contribution in [2.24, 2.45) is 0 Å². The summed E-state index contributed by atoms with van der Waals surface area (Å²) < 4.78 is 8.39. The largest absolute Gasteiger partial charge is 0.378 e. The zero-order chi connectivity index (χ0) is 18.1. The van der Waals surface area contributed by atoms with E-state index in [9.17, 15) is 0 Å². The SMILES string of the molecule is c1cc(N2CCOCC2)cc(Nc2nc3ccc(-n4cnnc4)cc3s2)n1. The maximum atomic E-state index is 5.43. The van der Waals surface area contributed by atoms with E-state index in [1.807, 2.05) is 29.0 Å². The Morgan fingerprint density at radius 3 is 2.70 bits per heavy atom. The molecule has 1 fully saturated rings. The van der Waals surface area contributed by atoms with Gasteiger partial charge in [0.2, 0.25) is 0 Å². The summed E-state index contributed by atoms with van der Waals surface area (Å²) in [6, 6.07) is 10.2. The summed E-state index contributed by atoms with van der Waals surface area (Å²) in [4.78, 5) is 11.4. The number of hydrogen-bond donors (Lipinski definition) is 1. The van der Waals surface area contributed by atoms with E-state index < -0.39 is 0 Å². The van der Waals surface area contributed by atoms with Crippen molar-refractivity contribution in [3.63, 3.8) is 0 Å². The molecule has 0 spiro atoms. The zero-order valence-corrected chi connectivity index (χ0v) is 15.3. The molecule has 5 rings (SSSR count). The monoisotopic (exact) mass is 379 g/mol. The third kappa shape index (κ3) is 3.34. The molecule has 136 valence electrons. The van der Waals surface area contributed by atoms with Gasteiger partial charge in [-0.2, -0.15) is 0 Å². The molecular weight excluding hydrogens is 362 g/mol. The average Bonchev–Trinajstić information content (AvgIpc) is 3.38. The molecule has 0 bridgehead atoms. The molecule has 1 N–H and O–H groups in total. The Hall–Kier alpha value is -3.04. The second kappa shape index (κ2) is 6.93. The molecule has 0 unspecified atom stereocenters. The molecule has 1 aromatic carbocycles. The molecule has 3 aromatic heterocycles. The molecule has 1 aliphatic heterocycles. The van der Waals surface area contributed by atoms with E-state index in [2.05, 4.69) is 42.5 Å². The molecule has 0 radical (unpaired) electrons. The van der Waals surface area contributed by atoms with Crippen molar-refractivity contribution < 1.29 is 4.74 Å². The van der Waals surface area contributed by atoms with Crippen LogP contribution in [-0.4, -0.2) is 51.0 Å². The van der Waals surface area contributed by atoms with Crippen molar-refractivity contribution in [3.8, 4) is 5.69 Å². The van der Waals surface area contributed by atoms with Crippen LogP contribution in [0.2, 0.25) is 0 Å². The van der Waals surface area contributed by atoms with Crippen LogP contribution in [0.1, 0.15) is 0 Å². The number of anilines is 3. The van der Waals surface area contributed by atoms with E-state index in [1.165, 1.54) is 0 Å². The predicted molar refractivity (Wildman–Crippen MR) is 105 cm³/mol. The van der Waals surface area contributed by atoms with Gasteiger partial charge in [0.1, 0.15) is 18.5 Å². The minimum absolute atomic E-state index is 0.762. The fourth-order valence-electron chi connectivity index (χ4n) is 3.08. The van der Waals surface area contributed by atoms with Crippen LogP contribution in [0.15, 0.2) is 49.2 Å². The van der Waals surface area contributed by atoms with Gasteiger partial charge in [0.05, 0.1) is 23.4 Å². The summed E-state index contributed by atoms with van der Waals surface area (Å²) in [5.74, 6) is 0.789. The van der Waals surface area contributed by atoms with Gasteiger partial charge < -0.3 is 15.0 Å². The number of benzene rings is 1. The third-order valence-electron chi connectivity index (χ3n) is 4.44. The molecule has 9 heteroatoms. The number of rotatable bonds is 4. The van der Waals surface area contributed by atoms with Crippen LogP contribution in [-0.2, 0) is 4.74 Å². The number of nitrogens with one attached hydrogen (secondary N) is 1. The molecule has 0 saturated carbocycles. The quantitative estimate of drug-likeness (QED) is 0.584. The van der Waals surface area contributed by atoms with Crippen molar-refractivity contribution in [2.45, 2.75) is 0 Å². The Balaban J connectivity index is 1.39. The summed E-state index contributed by atoms with van der Waals surface area (Å²) >= 11 is 1.60. The lowest BCUT2D eigenvalue weighted by molar-refractivity contribution is 0.122. The Labute approximate surface area is 159 Å². The van der Waals surface area contributed by atoms with Gasteiger partial charge in [-0.25, -0.2) is 9.97 Å². The number of thiazole rings is 1. The maximum Gasteiger partial charge on any atom is 0.189 e. The standard InChI is InChI=1S/C18H17N7OS/c1-2-15-16(9-13(1)25-11-20-21-12-25)27-18(22-15)23-17-10-14(3-4-19-17)24-5-7-26-8-6-24/h1-4,9-12H,5-8H2,(H,19,22,23). The fourth-order valence-corrected chi connectivity index (χ4v) is 3.98. The maximum absolute atomic E-state index is 5.43. The summed E-state index contributed by atoms with van der Waals surface area (Å²) in [7, 11) is 0. The second-order valence-electron chi connectivity index (χ2n) is 6.16. The van der Waals surface area contributed by atoms with Gasteiger partial charge in [-0.05, 0) is 24.3 Å². The molecule has 0 aliphatic carbocycles. The van der Waals surface area contributed by atoms with Crippen molar-refractivity contribution in [2.75, 3.05) is 36.5 Å². The topological polar surface area (TPSA) is 81.0 Å². The lowest BCUT2D eigenvalue weighted by Crippen LogP contribution is -2.36. The molecule has 4 heterocycles. The number of hydrogen-bond acceptors (Lipinski definition) is 8. The number of aromatic nitrogens is 5. The highest BCUT2D eigenvalue weighted by atomic mass is 32.1. The molecule has 0 atom stereocenters. The lowest BCUT2D eigenvalue weighted by Gasteiger charge is -2.28. The summed E-state index contributed by atoms with van der Waals surface area (Å²) in [6.07, 6.45) is 5.19. The summed E-state index contributed by atoms with van der Waals surface area (Å²) in [5.41, 5.74) is 3.10. The number of ether oxygens (including phenoxy) is 1. The normalized spacial score (nSPS) is 14.6. The molecule has 0 amide bonds. The molecular formula is C18H17N7OS. The van der Waals surface area contributed by atoms with Crippen LogP contribution in [0, 0.1) is 0 Å². The first-order valence-electron chi connectivity index (χ1n) is 8.66. The van der Waals surface area contributed by atoms with Crippen LogP contribution < -0.4 is 10.2 Å². The van der Waals surface area contributed by atoms with Gasteiger partial charge in [-0.1, -0.05) is 11.3 Å². The predicted octanol–water partition coefficient (Wildman–Crippen LogP) is 2.85. The van der Waals surface area contributed by atoms with Crippen LogP contribution in [0.5, 0.6) is 0 Å². The van der Waals surface area contributed by atoms with Crippen LogP contribution in [0.25, 0.3) is 15.9 Å². The smallest absolute Gasteiger partial charge is 0.189 e. The van der Waals surface area contributed by atoms with Crippen LogP contribution in [0.4, 0.5) is 16.6 Å². The Morgan fingerprint density at radius 2 is 1.85 bits per heavy atom. The fraction of sp³-hybridized carbons (Fsp3) is 0.222. The summed E-state index contributed by atoms with van der Waals surface area (Å²) in [5, 5.41) is 11.9. The molecule has 4 aromatic rings. The van der Waals surface area contributed by atoms with E-state index in [4.69, 9.17) is 4.74 Å². The first-order valence-corrected chi connectivity index (χ1v) is 9.48. The van der Waals surface area contributed by atoms with Gasteiger partial charge in [-0.3, -0.25) is 4.57 Å². The first-order chi connectivity index (χ1) is 13.3. The molecule has 1 saturated heterocycles. The molecule has 1 aliphatic rings. The van der Waals surface area contributed by atoms with E-state index >= 15 is 0 Å². The first kappa shape index (κ1) is 16.2. The lowest BCUT2D eigenvalue weighted by atomic mass is 10.3. The van der Waals surface area contributed by atoms with Gasteiger partial charge in [0, 0.05) is 36.7 Å². The minimum atomic E-state index is 0.762. The van der Waals surface area contributed by atoms with Crippen LogP contribution in [0.3, 0.4) is 0 Å². The molecule has 8 nitrogen and oxygen atoms in total. The Bertz CT molecular complexity index is 1060. The number of pyridine rings is 1. The van der Waals surface area contributed by atoms with Crippen LogP contribution >= 0.6 is 11.3 Å². The second-order valence-corrected chi connectivity index (χ2v) is 7.19. The number of fused-ring (bicyclic) bond motifs is 1. The van der Waals surface area contributed by atoms with Crippen molar-refractivity contribution in [1.29, 1.82) is 0 Å². The van der Waals surface area contributed by atoms with Gasteiger partial charge in [0.15, 0.2) is 5.13 Å². The van der Waals surface area contributed by atoms with Crippen molar-refractivity contribution in [3.05, 3.63) is 49.2 Å². The van der Waals surface area contributed by atoms with Gasteiger partial charge in [0.25, 0.3) is 0 Å². The van der Waals surface area contributed by atoms with Gasteiger partial charge in [-0.15, -0.1) is 10.2 Å². The molecule has 27 heavy (non-hydrogen) atoms. The number of morpholine rings is 1. The highest BCUT2D eigenvalue weighted by molar-refractivity contribution is 7.22. The van der Waals surface area contributed by atoms with E-state index in [1.54, 1.807) is 24.0 Å². The van der Waals surface area contributed by atoms with Crippen molar-refractivity contribution >= 4 is 38.2 Å². The highest BCUT2D eigenvalue weighted by Crippen LogP contribution is 2.30. The van der Waals surface area contributed by atoms with Gasteiger partial charge >= 0.3 is 0 Å². The van der Waals surface area contributed by atoms with E-state index in [-0.39, 0.29) is 0 Å². The zero-order valence-electron chi connectivity index (χ0n) is 14.4. The number of nitrogens with zero attached hydrogens (tertiary/aromatic N) is 6. The van der Waals surface area contributed by atoms with E-state index in [0.29, 0.717) is 0 Å². The average molecular weight is 379 g/mol. The Morgan fingerprint density at radius 1 is 1.00 bits per heavy atom. The highest BCUT2D eigenvalue weighted by Gasteiger charge is 2.12.